The van der Waals surface area contributed by atoms with Crippen molar-refractivity contribution >= 4 is 11.4 Å². The number of nitrogens with one attached hydrogen (secondary N) is 1. The van der Waals surface area contributed by atoms with E-state index in [1.54, 1.807) is 7.05 Å². The average molecular weight is 241 g/mol. The van der Waals surface area contributed by atoms with Gasteiger partial charge >= 0.3 is 0 Å². The number of hydrogen-bond acceptors (Lipinski definition) is 6. The SMILES string of the molecule is CNc1ccc(C(O)C(O)CN)cc1[N+](=O)[O-]. The summed E-state index contributed by atoms with van der Waals surface area (Å²) in [6.07, 6.45) is -2.38. The van der Waals surface area contributed by atoms with Crippen molar-refractivity contribution in [2.75, 3.05) is 18.9 Å². The molecule has 17 heavy (non-hydrogen) atoms. The number of rotatable bonds is 5. The van der Waals surface area contributed by atoms with Gasteiger partial charge in [0.1, 0.15) is 11.8 Å². The molecule has 1 aromatic carbocycles. The van der Waals surface area contributed by atoms with E-state index in [-0.39, 0.29) is 17.8 Å². The molecule has 0 heterocycles. The Morgan fingerprint density at radius 1 is 1.53 bits per heavy atom. The predicted molar refractivity (Wildman–Crippen MR) is 62.7 cm³/mol. The topological polar surface area (TPSA) is 122 Å². The highest BCUT2D eigenvalue weighted by atomic mass is 16.6. The van der Waals surface area contributed by atoms with Gasteiger partial charge in [0.25, 0.3) is 5.69 Å². The first-order valence-electron chi connectivity index (χ1n) is 5.03. The molecule has 0 fully saturated rings. The molecule has 2 atom stereocenters. The Morgan fingerprint density at radius 3 is 2.65 bits per heavy atom. The largest absolute Gasteiger partial charge is 0.389 e. The molecule has 1 rings (SSSR count). The summed E-state index contributed by atoms with van der Waals surface area (Å²) in [6.45, 7) is -0.122. The van der Waals surface area contributed by atoms with Gasteiger partial charge in [-0.1, -0.05) is 6.07 Å². The zero-order chi connectivity index (χ0) is 13.0. The number of aliphatic hydroxyl groups excluding tert-OH is 2. The van der Waals surface area contributed by atoms with Crippen LogP contribution < -0.4 is 11.1 Å². The first-order valence-corrected chi connectivity index (χ1v) is 5.03. The summed E-state index contributed by atoms with van der Waals surface area (Å²) in [5, 5.41) is 32.5. The fraction of sp³-hybridized carbons (Fsp3) is 0.400. The molecule has 2 unspecified atom stereocenters. The molecular formula is C10H15N3O4. The maximum Gasteiger partial charge on any atom is 0.292 e. The fourth-order valence-corrected chi connectivity index (χ4v) is 1.45. The first-order chi connectivity index (χ1) is 8.01. The van der Waals surface area contributed by atoms with Crippen LogP contribution in [0.25, 0.3) is 0 Å². The second-order valence-electron chi connectivity index (χ2n) is 3.53. The van der Waals surface area contributed by atoms with Crippen LogP contribution in [0.15, 0.2) is 18.2 Å². The molecule has 0 saturated carbocycles. The highest BCUT2D eigenvalue weighted by molar-refractivity contribution is 5.62. The van der Waals surface area contributed by atoms with Crippen LogP contribution in [0.4, 0.5) is 11.4 Å². The first kappa shape index (κ1) is 13.4. The van der Waals surface area contributed by atoms with Crippen LogP contribution in [0.1, 0.15) is 11.7 Å². The van der Waals surface area contributed by atoms with Crippen molar-refractivity contribution in [2.24, 2.45) is 5.73 Å². The van der Waals surface area contributed by atoms with Crippen LogP contribution in [-0.2, 0) is 0 Å². The average Bonchev–Trinajstić information content (AvgIpc) is 2.35. The Hall–Kier alpha value is -1.70. The molecule has 0 bridgehead atoms. The van der Waals surface area contributed by atoms with Gasteiger partial charge in [0.15, 0.2) is 0 Å². The molecule has 0 aromatic heterocycles. The van der Waals surface area contributed by atoms with E-state index in [0.717, 1.165) is 0 Å². The number of benzene rings is 1. The van der Waals surface area contributed by atoms with Gasteiger partial charge in [-0.15, -0.1) is 0 Å². The minimum absolute atomic E-state index is 0.122. The summed E-state index contributed by atoms with van der Waals surface area (Å²) in [4.78, 5) is 10.2. The van der Waals surface area contributed by atoms with Gasteiger partial charge in [-0.3, -0.25) is 10.1 Å². The van der Waals surface area contributed by atoms with Gasteiger partial charge in [0.05, 0.1) is 11.0 Å². The minimum Gasteiger partial charge on any atom is -0.389 e. The second-order valence-corrected chi connectivity index (χ2v) is 3.53. The van der Waals surface area contributed by atoms with E-state index in [1.165, 1.54) is 18.2 Å². The third kappa shape index (κ3) is 2.90. The molecule has 0 amide bonds. The van der Waals surface area contributed by atoms with Crippen LogP contribution in [0.5, 0.6) is 0 Å². The van der Waals surface area contributed by atoms with Crippen molar-refractivity contribution in [1.82, 2.24) is 0 Å². The molecule has 5 N–H and O–H groups in total. The number of nitrogens with zero attached hydrogens (tertiary/aromatic N) is 1. The van der Waals surface area contributed by atoms with Crippen molar-refractivity contribution in [3.05, 3.63) is 33.9 Å². The zero-order valence-corrected chi connectivity index (χ0v) is 9.33. The normalized spacial score (nSPS) is 14.1. The monoisotopic (exact) mass is 241 g/mol. The number of nitro benzene ring substituents is 1. The smallest absolute Gasteiger partial charge is 0.292 e. The molecule has 0 aliphatic heterocycles. The van der Waals surface area contributed by atoms with Gasteiger partial charge in [0, 0.05) is 19.7 Å². The standard InChI is InChI=1S/C10H15N3O4/c1-12-7-3-2-6(4-8(7)13(16)17)10(15)9(14)5-11/h2-4,9-10,12,14-15H,5,11H2,1H3. The van der Waals surface area contributed by atoms with Crippen molar-refractivity contribution in [3.8, 4) is 0 Å². The molecule has 0 aliphatic rings. The van der Waals surface area contributed by atoms with E-state index >= 15 is 0 Å². The van der Waals surface area contributed by atoms with Crippen LogP contribution in [0.2, 0.25) is 0 Å². The van der Waals surface area contributed by atoms with E-state index in [2.05, 4.69) is 5.32 Å². The zero-order valence-electron chi connectivity index (χ0n) is 9.33. The third-order valence-electron chi connectivity index (χ3n) is 2.44. The maximum atomic E-state index is 10.8. The number of nitrogens with two attached hydrogens (primary N) is 1. The van der Waals surface area contributed by atoms with Crippen molar-refractivity contribution in [3.63, 3.8) is 0 Å². The van der Waals surface area contributed by atoms with E-state index in [0.29, 0.717) is 5.69 Å². The van der Waals surface area contributed by atoms with E-state index in [9.17, 15) is 20.3 Å². The Labute approximate surface area is 98.0 Å². The molecule has 0 saturated heterocycles. The van der Waals surface area contributed by atoms with Crippen molar-refractivity contribution in [1.29, 1.82) is 0 Å². The van der Waals surface area contributed by atoms with Gasteiger partial charge in [-0.05, 0) is 11.6 Å². The number of nitro groups is 1. The molecule has 1 aromatic rings. The molecule has 0 radical (unpaired) electrons. The Morgan fingerprint density at radius 2 is 2.18 bits per heavy atom. The van der Waals surface area contributed by atoms with Gasteiger partial charge < -0.3 is 21.3 Å². The van der Waals surface area contributed by atoms with Crippen molar-refractivity contribution in [2.45, 2.75) is 12.2 Å². The summed E-state index contributed by atoms with van der Waals surface area (Å²) < 4.78 is 0. The molecule has 0 spiro atoms. The Balaban J connectivity index is 3.12. The third-order valence-corrected chi connectivity index (χ3v) is 2.44. The van der Waals surface area contributed by atoms with Crippen LogP contribution in [0, 0.1) is 10.1 Å². The Kier molecular flexibility index (Phi) is 4.38. The van der Waals surface area contributed by atoms with Gasteiger partial charge in [-0.2, -0.15) is 0 Å². The summed E-state index contributed by atoms with van der Waals surface area (Å²) in [6, 6.07) is 4.19. The minimum atomic E-state index is -1.23. The number of hydrogen-bond donors (Lipinski definition) is 4. The Bertz CT molecular complexity index is 411. The summed E-state index contributed by atoms with van der Waals surface area (Å²) in [7, 11) is 1.56. The van der Waals surface area contributed by atoms with E-state index in [1.807, 2.05) is 0 Å². The number of anilines is 1. The van der Waals surface area contributed by atoms with Gasteiger partial charge in [0.2, 0.25) is 0 Å². The summed E-state index contributed by atoms with van der Waals surface area (Å²) >= 11 is 0. The lowest BCUT2D eigenvalue weighted by Gasteiger charge is -2.16. The van der Waals surface area contributed by atoms with Gasteiger partial charge in [-0.25, -0.2) is 0 Å². The molecular weight excluding hydrogens is 226 g/mol. The fourth-order valence-electron chi connectivity index (χ4n) is 1.45. The maximum absolute atomic E-state index is 10.8. The predicted octanol–water partition coefficient (Wildman–Crippen LogP) is -0.0105. The molecule has 0 aliphatic carbocycles. The summed E-state index contributed by atoms with van der Waals surface area (Å²) in [5.74, 6) is 0. The van der Waals surface area contributed by atoms with E-state index in [4.69, 9.17) is 5.73 Å². The lowest BCUT2D eigenvalue weighted by molar-refractivity contribution is -0.384. The van der Waals surface area contributed by atoms with E-state index < -0.39 is 17.1 Å². The number of aliphatic hydroxyl groups is 2. The van der Waals surface area contributed by atoms with Crippen LogP contribution in [0.3, 0.4) is 0 Å². The lowest BCUT2D eigenvalue weighted by Crippen LogP contribution is -2.27. The highest BCUT2D eigenvalue weighted by Gasteiger charge is 2.21. The molecule has 94 valence electrons. The van der Waals surface area contributed by atoms with Crippen molar-refractivity contribution < 1.29 is 15.1 Å². The van der Waals surface area contributed by atoms with Crippen LogP contribution >= 0.6 is 0 Å². The second kappa shape index (κ2) is 5.58. The molecule has 7 heteroatoms. The summed E-state index contributed by atoms with van der Waals surface area (Å²) in [5.41, 5.74) is 5.65. The van der Waals surface area contributed by atoms with Crippen LogP contribution in [-0.4, -0.2) is 34.8 Å². The molecule has 7 nitrogen and oxygen atoms in total. The lowest BCUT2D eigenvalue weighted by atomic mass is 10.0. The highest BCUT2D eigenvalue weighted by Crippen LogP contribution is 2.28. The quantitative estimate of drug-likeness (QED) is 0.425.